The lowest BCUT2D eigenvalue weighted by Gasteiger charge is -2.21. The van der Waals surface area contributed by atoms with Crippen molar-refractivity contribution in [2.75, 3.05) is 18.1 Å². The van der Waals surface area contributed by atoms with Crippen molar-refractivity contribution in [3.05, 3.63) is 42.5 Å². The van der Waals surface area contributed by atoms with Gasteiger partial charge in [-0.2, -0.15) is 0 Å². The maximum Gasteiger partial charge on any atom is 0.415 e. The Hall–Kier alpha value is -2.30. The number of benzene rings is 1. The summed E-state index contributed by atoms with van der Waals surface area (Å²) in [5, 5.41) is 8.84. The predicted octanol–water partition coefficient (Wildman–Crippen LogP) is 2.21. The number of para-hydroxylation sites is 1. The number of amides is 1. The van der Waals surface area contributed by atoms with Gasteiger partial charge < -0.3 is 9.84 Å². The monoisotopic (exact) mass is 249 g/mol. The van der Waals surface area contributed by atoms with Crippen molar-refractivity contribution in [3.8, 4) is 0 Å². The van der Waals surface area contributed by atoms with Crippen LogP contribution in [0.3, 0.4) is 0 Å². The van der Waals surface area contributed by atoms with Crippen LogP contribution in [0.4, 0.5) is 10.5 Å². The van der Waals surface area contributed by atoms with Crippen molar-refractivity contribution >= 4 is 17.7 Å². The summed E-state index contributed by atoms with van der Waals surface area (Å²) in [6, 6.07) is 7.02. The summed E-state index contributed by atoms with van der Waals surface area (Å²) in [7, 11) is 0. The second kappa shape index (κ2) is 6.44. The molecule has 1 aromatic rings. The van der Waals surface area contributed by atoms with Crippen LogP contribution in [0, 0.1) is 6.92 Å². The van der Waals surface area contributed by atoms with Gasteiger partial charge in [0.1, 0.15) is 13.2 Å². The van der Waals surface area contributed by atoms with Crippen molar-refractivity contribution in [2.24, 2.45) is 0 Å². The molecule has 0 aromatic heterocycles. The van der Waals surface area contributed by atoms with Crippen molar-refractivity contribution in [1.82, 2.24) is 0 Å². The third kappa shape index (κ3) is 3.62. The van der Waals surface area contributed by atoms with Gasteiger partial charge in [0, 0.05) is 0 Å². The van der Waals surface area contributed by atoms with Gasteiger partial charge in [-0.3, -0.25) is 9.69 Å². The van der Waals surface area contributed by atoms with Gasteiger partial charge in [-0.15, -0.1) is 0 Å². The van der Waals surface area contributed by atoms with E-state index >= 15 is 0 Å². The molecular formula is C13H15NO4. The molecule has 96 valence electrons. The molecule has 0 fully saturated rings. The molecule has 0 saturated heterocycles. The van der Waals surface area contributed by atoms with Crippen LogP contribution in [0.25, 0.3) is 0 Å². The van der Waals surface area contributed by atoms with E-state index in [9.17, 15) is 9.59 Å². The predicted molar refractivity (Wildman–Crippen MR) is 67.7 cm³/mol. The molecule has 0 atom stereocenters. The Morgan fingerprint density at radius 3 is 2.67 bits per heavy atom. The number of carboxylic acid groups (broad SMARTS) is 1. The van der Waals surface area contributed by atoms with Crippen LogP contribution in [0.2, 0.25) is 0 Å². The van der Waals surface area contributed by atoms with E-state index in [0.29, 0.717) is 5.69 Å². The highest BCUT2D eigenvalue weighted by atomic mass is 16.6. The second-order valence-corrected chi connectivity index (χ2v) is 3.63. The summed E-state index contributed by atoms with van der Waals surface area (Å²) >= 11 is 0. The highest BCUT2D eigenvalue weighted by Gasteiger charge is 2.21. The summed E-state index contributed by atoms with van der Waals surface area (Å²) in [5.74, 6) is -1.10. The van der Waals surface area contributed by atoms with E-state index in [-0.39, 0.29) is 6.61 Å². The SMILES string of the molecule is C=CCOC(=O)N(CC(=O)O)c1ccccc1C. The summed E-state index contributed by atoms with van der Waals surface area (Å²) in [4.78, 5) is 23.7. The number of nitrogens with zero attached hydrogens (tertiary/aromatic N) is 1. The standard InChI is InChI=1S/C13H15NO4/c1-3-8-18-13(17)14(9-12(15)16)11-7-5-4-6-10(11)2/h3-7H,1,8-9H2,2H3,(H,15,16). The lowest BCUT2D eigenvalue weighted by atomic mass is 10.2. The first-order chi connectivity index (χ1) is 8.56. The minimum absolute atomic E-state index is 0.0425. The average molecular weight is 249 g/mol. The van der Waals surface area contributed by atoms with Crippen LogP contribution in [0.15, 0.2) is 36.9 Å². The molecule has 1 rings (SSSR count). The second-order valence-electron chi connectivity index (χ2n) is 3.63. The number of rotatable bonds is 5. The molecule has 0 heterocycles. The van der Waals surface area contributed by atoms with Crippen molar-refractivity contribution in [2.45, 2.75) is 6.92 Å². The Morgan fingerprint density at radius 1 is 1.44 bits per heavy atom. The van der Waals surface area contributed by atoms with Crippen LogP contribution >= 0.6 is 0 Å². The first-order valence-electron chi connectivity index (χ1n) is 5.39. The highest BCUT2D eigenvalue weighted by molar-refractivity contribution is 5.93. The molecule has 0 bridgehead atoms. The fourth-order valence-electron chi connectivity index (χ4n) is 1.46. The lowest BCUT2D eigenvalue weighted by molar-refractivity contribution is -0.135. The van der Waals surface area contributed by atoms with Gasteiger partial charge >= 0.3 is 12.1 Å². The summed E-state index contributed by atoms with van der Waals surface area (Å²) in [6.07, 6.45) is 0.723. The zero-order chi connectivity index (χ0) is 13.5. The highest BCUT2D eigenvalue weighted by Crippen LogP contribution is 2.20. The number of hydrogen-bond donors (Lipinski definition) is 1. The molecule has 0 saturated carbocycles. The van der Waals surface area contributed by atoms with Crippen molar-refractivity contribution < 1.29 is 19.4 Å². The molecule has 1 aromatic carbocycles. The van der Waals surface area contributed by atoms with Gasteiger partial charge in [0.15, 0.2) is 0 Å². The van der Waals surface area contributed by atoms with Gasteiger partial charge in [-0.25, -0.2) is 4.79 Å². The van der Waals surface area contributed by atoms with Gasteiger partial charge in [0.25, 0.3) is 0 Å². The number of aliphatic carboxylic acids is 1. The van der Waals surface area contributed by atoms with E-state index in [1.54, 1.807) is 25.1 Å². The summed E-state index contributed by atoms with van der Waals surface area (Å²) in [5.41, 5.74) is 1.32. The van der Waals surface area contributed by atoms with Crippen LogP contribution in [0.1, 0.15) is 5.56 Å². The summed E-state index contributed by atoms with van der Waals surface area (Å²) < 4.78 is 4.87. The van der Waals surface area contributed by atoms with E-state index < -0.39 is 18.6 Å². The Bertz CT molecular complexity index is 456. The minimum atomic E-state index is -1.10. The molecule has 5 nitrogen and oxygen atoms in total. The maximum atomic E-state index is 11.8. The van der Waals surface area contributed by atoms with Gasteiger partial charge in [-0.1, -0.05) is 30.9 Å². The number of ether oxygens (including phenoxy) is 1. The molecule has 0 aliphatic carbocycles. The molecule has 0 aliphatic rings. The molecule has 0 radical (unpaired) electrons. The first-order valence-corrected chi connectivity index (χ1v) is 5.39. The molecule has 0 spiro atoms. The fraction of sp³-hybridized carbons (Fsp3) is 0.231. The molecular weight excluding hydrogens is 234 g/mol. The van der Waals surface area contributed by atoms with E-state index in [1.807, 2.05) is 6.07 Å². The number of carbonyl (C=O) groups is 2. The average Bonchev–Trinajstić information content (AvgIpc) is 2.34. The fourth-order valence-corrected chi connectivity index (χ4v) is 1.46. The van der Waals surface area contributed by atoms with Gasteiger partial charge in [-0.05, 0) is 18.6 Å². The smallest absolute Gasteiger partial charge is 0.415 e. The summed E-state index contributed by atoms with van der Waals surface area (Å²) in [6.45, 7) is 4.83. The number of carboxylic acids is 1. The first kappa shape index (κ1) is 13.8. The van der Waals surface area contributed by atoms with E-state index in [2.05, 4.69) is 6.58 Å². The molecule has 1 amide bonds. The largest absolute Gasteiger partial charge is 0.480 e. The third-order valence-corrected chi connectivity index (χ3v) is 2.24. The Morgan fingerprint density at radius 2 is 2.11 bits per heavy atom. The van der Waals surface area contributed by atoms with Crippen LogP contribution in [-0.2, 0) is 9.53 Å². The quantitative estimate of drug-likeness (QED) is 0.812. The van der Waals surface area contributed by atoms with E-state index in [4.69, 9.17) is 9.84 Å². The van der Waals surface area contributed by atoms with E-state index in [1.165, 1.54) is 6.08 Å². The molecule has 1 N–H and O–H groups in total. The maximum absolute atomic E-state index is 11.8. The van der Waals surface area contributed by atoms with Crippen molar-refractivity contribution in [1.29, 1.82) is 0 Å². The van der Waals surface area contributed by atoms with Crippen LogP contribution in [-0.4, -0.2) is 30.3 Å². The molecule has 5 heteroatoms. The molecule has 0 unspecified atom stereocenters. The molecule has 18 heavy (non-hydrogen) atoms. The topological polar surface area (TPSA) is 66.8 Å². The van der Waals surface area contributed by atoms with Crippen LogP contribution in [0.5, 0.6) is 0 Å². The number of anilines is 1. The normalized spacial score (nSPS) is 9.61. The Balaban J connectivity index is 2.97. The minimum Gasteiger partial charge on any atom is -0.480 e. The molecule has 0 aliphatic heterocycles. The van der Waals surface area contributed by atoms with Gasteiger partial charge in [0.05, 0.1) is 5.69 Å². The van der Waals surface area contributed by atoms with Gasteiger partial charge in [0.2, 0.25) is 0 Å². The van der Waals surface area contributed by atoms with E-state index in [0.717, 1.165) is 10.5 Å². The zero-order valence-electron chi connectivity index (χ0n) is 10.1. The van der Waals surface area contributed by atoms with Crippen LogP contribution < -0.4 is 4.90 Å². The van der Waals surface area contributed by atoms with Crippen molar-refractivity contribution in [3.63, 3.8) is 0 Å². The number of aryl methyl sites for hydroxylation is 1. The number of carbonyl (C=O) groups excluding carboxylic acids is 1. The lowest BCUT2D eigenvalue weighted by Crippen LogP contribution is -2.36. The Kier molecular flexibility index (Phi) is 4.92. The zero-order valence-corrected chi connectivity index (χ0v) is 10.1. The third-order valence-electron chi connectivity index (χ3n) is 2.24. The number of hydrogen-bond acceptors (Lipinski definition) is 3. The Labute approximate surface area is 105 Å².